The first-order chi connectivity index (χ1) is 11.9. The molecule has 0 aliphatic heterocycles. The summed E-state index contributed by atoms with van der Waals surface area (Å²) >= 11 is 0. The maximum atomic E-state index is 10.9. The molecule has 0 saturated heterocycles. The molecule has 25 heavy (non-hydrogen) atoms. The molecule has 0 radical (unpaired) electrons. The number of benzene rings is 1. The number of aliphatic hydroxyl groups is 1. The van der Waals surface area contributed by atoms with Gasteiger partial charge >= 0.3 is 0 Å². The van der Waals surface area contributed by atoms with E-state index in [-0.39, 0.29) is 0 Å². The third-order valence-corrected chi connectivity index (χ3v) is 4.90. The minimum atomic E-state index is -1.30. The van der Waals surface area contributed by atoms with Gasteiger partial charge in [-0.2, -0.15) is 0 Å². The van der Waals surface area contributed by atoms with E-state index in [1.54, 1.807) is 13.8 Å². The van der Waals surface area contributed by atoms with Gasteiger partial charge < -0.3 is 9.52 Å². The van der Waals surface area contributed by atoms with Crippen LogP contribution in [0.5, 0.6) is 0 Å². The second-order valence-corrected chi connectivity index (χ2v) is 7.16. The van der Waals surface area contributed by atoms with Crippen molar-refractivity contribution in [2.24, 2.45) is 0 Å². The first-order valence-corrected chi connectivity index (χ1v) is 8.82. The summed E-state index contributed by atoms with van der Waals surface area (Å²) in [6.07, 6.45) is 2.48. The fourth-order valence-electron chi connectivity index (χ4n) is 3.21. The SMILES string of the molecule is C=C(C)C(O)(C(=C)C)c1ccc(CN(Cc2ccccc2)C2CC2)o1. The Labute approximate surface area is 150 Å². The molecule has 1 aliphatic rings. The van der Waals surface area contributed by atoms with Crippen molar-refractivity contribution < 1.29 is 9.52 Å². The van der Waals surface area contributed by atoms with Crippen LogP contribution < -0.4 is 0 Å². The second kappa shape index (κ2) is 7.03. The van der Waals surface area contributed by atoms with E-state index in [1.807, 2.05) is 18.2 Å². The van der Waals surface area contributed by atoms with Crippen molar-refractivity contribution in [2.75, 3.05) is 0 Å². The predicted molar refractivity (Wildman–Crippen MR) is 101 cm³/mol. The number of hydrogen-bond donors (Lipinski definition) is 1. The minimum Gasteiger partial charge on any atom is -0.461 e. The summed E-state index contributed by atoms with van der Waals surface area (Å²) in [6, 6.07) is 14.9. The van der Waals surface area contributed by atoms with E-state index in [0.717, 1.165) is 18.8 Å². The smallest absolute Gasteiger partial charge is 0.163 e. The zero-order chi connectivity index (χ0) is 18.0. The molecule has 3 heteroatoms. The monoisotopic (exact) mass is 337 g/mol. The lowest BCUT2D eigenvalue weighted by atomic mass is 9.87. The van der Waals surface area contributed by atoms with Gasteiger partial charge in [0.2, 0.25) is 0 Å². The van der Waals surface area contributed by atoms with Crippen molar-refractivity contribution in [3.63, 3.8) is 0 Å². The molecular formula is C22H27NO2. The molecule has 0 amide bonds. The first-order valence-electron chi connectivity index (χ1n) is 8.82. The molecule has 1 heterocycles. The molecule has 3 rings (SSSR count). The molecule has 1 fully saturated rings. The molecule has 2 aromatic rings. The van der Waals surface area contributed by atoms with Crippen LogP contribution in [-0.4, -0.2) is 16.0 Å². The molecule has 0 bridgehead atoms. The first kappa shape index (κ1) is 17.7. The predicted octanol–water partition coefficient (Wildman–Crippen LogP) is 4.78. The van der Waals surface area contributed by atoms with Crippen molar-refractivity contribution in [1.82, 2.24) is 4.90 Å². The Balaban J connectivity index is 1.77. The third kappa shape index (κ3) is 3.78. The average Bonchev–Trinajstić information content (AvgIpc) is 3.33. The molecule has 132 valence electrons. The van der Waals surface area contributed by atoms with Crippen LogP contribution >= 0.6 is 0 Å². The lowest BCUT2D eigenvalue weighted by Crippen LogP contribution is -2.27. The molecule has 1 saturated carbocycles. The zero-order valence-electron chi connectivity index (χ0n) is 15.2. The molecule has 0 atom stereocenters. The van der Waals surface area contributed by atoms with Crippen LogP contribution in [0, 0.1) is 0 Å². The van der Waals surface area contributed by atoms with Crippen molar-refractivity contribution in [1.29, 1.82) is 0 Å². The Bertz CT molecular complexity index is 741. The lowest BCUT2D eigenvalue weighted by Gasteiger charge is -2.27. The highest BCUT2D eigenvalue weighted by Gasteiger charge is 2.35. The van der Waals surface area contributed by atoms with Crippen LogP contribution in [0.15, 0.2) is 71.2 Å². The van der Waals surface area contributed by atoms with Gasteiger partial charge in [-0.3, -0.25) is 4.90 Å². The third-order valence-electron chi connectivity index (χ3n) is 4.90. The zero-order valence-corrected chi connectivity index (χ0v) is 15.2. The van der Waals surface area contributed by atoms with Crippen LogP contribution in [-0.2, 0) is 18.7 Å². The highest BCUT2D eigenvalue weighted by atomic mass is 16.4. The average molecular weight is 337 g/mol. The molecule has 0 unspecified atom stereocenters. The summed E-state index contributed by atoms with van der Waals surface area (Å²) in [5, 5.41) is 10.9. The fraction of sp³-hybridized carbons (Fsp3) is 0.364. The van der Waals surface area contributed by atoms with E-state index in [1.165, 1.54) is 18.4 Å². The summed E-state index contributed by atoms with van der Waals surface area (Å²) in [6.45, 7) is 13.1. The standard InChI is InChI=1S/C22H27NO2/c1-16(2)22(24,17(3)4)21-13-12-20(25-21)15-23(19-10-11-19)14-18-8-6-5-7-9-18/h5-9,12-13,19,24H,1,3,10-11,14-15H2,2,4H3. The van der Waals surface area contributed by atoms with Gasteiger partial charge in [0.05, 0.1) is 6.54 Å². The topological polar surface area (TPSA) is 36.6 Å². The van der Waals surface area contributed by atoms with E-state index < -0.39 is 5.60 Å². The maximum absolute atomic E-state index is 10.9. The molecular weight excluding hydrogens is 310 g/mol. The maximum Gasteiger partial charge on any atom is 0.163 e. The van der Waals surface area contributed by atoms with Crippen molar-refractivity contribution >= 4 is 0 Å². The molecule has 1 aromatic heterocycles. The van der Waals surface area contributed by atoms with Crippen LogP contribution in [0.3, 0.4) is 0 Å². The Morgan fingerprint density at radius 3 is 2.28 bits per heavy atom. The van der Waals surface area contributed by atoms with Crippen LogP contribution in [0.1, 0.15) is 43.8 Å². The highest BCUT2D eigenvalue weighted by Crippen LogP contribution is 2.36. The van der Waals surface area contributed by atoms with Gasteiger partial charge in [0.25, 0.3) is 0 Å². The summed E-state index contributed by atoms with van der Waals surface area (Å²) < 4.78 is 6.00. The minimum absolute atomic E-state index is 0.498. The van der Waals surface area contributed by atoms with Crippen molar-refractivity contribution in [3.8, 4) is 0 Å². The quantitative estimate of drug-likeness (QED) is 0.704. The Kier molecular flexibility index (Phi) is 4.98. The van der Waals surface area contributed by atoms with Gasteiger partial charge in [-0.15, -0.1) is 0 Å². The van der Waals surface area contributed by atoms with E-state index >= 15 is 0 Å². The normalized spacial score (nSPS) is 14.7. The summed E-state index contributed by atoms with van der Waals surface area (Å²) in [4.78, 5) is 2.44. The highest BCUT2D eigenvalue weighted by molar-refractivity contribution is 5.35. The van der Waals surface area contributed by atoms with Crippen LogP contribution in [0.25, 0.3) is 0 Å². The van der Waals surface area contributed by atoms with Gasteiger partial charge in [0.1, 0.15) is 11.5 Å². The van der Waals surface area contributed by atoms with Crippen LogP contribution in [0.4, 0.5) is 0 Å². The van der Waals surface area contributed by atoms with Gasteiger partial charge in [-0.25, -0.2) is 0 Å². The van der Waals surface area contributed by atoms with Crippen LogP contribution in [0.2, 0.25) is 0 Å². The van der Waals surface area contributed by atoms with E-state index in [4.69, 9.17) is 4.42 Å². The van der Waals surface area contributed by atoms with Gasteiger partial charge in [-0.05, 0) is 55.5 Å². The lowest BCUT2D eigenvalue weighted by molar-refractivity contribution is 0.0876. The largest absolute Gasteiger partial charge is 0.461 e. The fourth-order valence-corrected chi connectivity index (χ4v) is 3.21. The van der Waals surface area contributed by atoms with Gasteiger partial charge in [0.15, 0.2) is 5.60 Å². The molecule has 1 N–H and O–H groups in total. The van der Waals surface area contributed by atoms with Crippen molar-refractivity contribution in [2.45, 2.75) is 51.4 Å². The number of furan rings is 1. The molecule has 1 aromatic carbocycles. The van der Waals surface area contributed by atoms with Crippen molar-refractivity contribution in [3.05, 3.63) is 83.9 Å². The Morgan fingerprint density at radius 2 is 1.72 bits per heavy atom. The molecule has 3 nitrogen and oxygen atoms in total. The Morgan fingerprint density at radius 1 is 1.08 bits per heavy atom. The summed E-state index contributed by atoms with van der Waals surface area (Å²) in [5.74, 6) is 1.36. The molecule has 1 aliphatic carbocycles. The number of hydrogen-bond acceptors (Lipinski definition) is 3. The van der Waals surface area contributed by atoms with E-state index in [0.29, 0.717) is 22.9 Å². The summed E-state index contributed by atoms with van der Waals surface area (Å²) in [7, 11) is 0. The van der Waals surface area contributed by atoms with Gasteiger partial charge in [0, 0.05) is 12.6 Å². The summed E-state index contributed by atoms with van der Waals surface area (Å²) in [5.41, 5.74) is 1.23. The van der Waals surface area contributed by atoms with Gasteiger partial charge in [-0.1, -0.05) is 43.5 Å². The molecule has 0 spiro atoms. The van der Waals surface area contributed by atoms with E-state index in [2.05, 4.69) is 42.3 Å². The van der Waals surface area contributed by atoms with E-state index in [9.17, 15) is 5.11 Å². The number of nitrogens with zero attached hydrogens (tertiary/aromatic N) is 1. The Hall–Kier alpha value is -2.10. The second-order valence-electron chi connectivity index (χ2n) is 7.16. The number of rotatable bonds is 8.